The van der Waals surface area contributed by atoms with Gasteiger partial charge in [-0.2, -0.15) is 0 Å². The lowest BCUT2D eigenvalue weighted by atomic mass is 9.92. The molecule has 2 saturated heterocycles. The Balaban J connectivity index is 1.94. The van der Waals surface area contributed by atoms with Gasteiger partial charge in [0.2, 0.25) is 11.8 Å². The topological polar surface area (TPSA) is 60.9 Å². The molecule has 3 unspecified atom stereocenters. The van der Waals surface area contributed by atoms with E-state index in [1.54, 1.807) is 11.8 Å². The monoisotopic (exact) mass is 268 g/mol. The Labute approximate surface area is 114 Å². The maximum Gasteiger partial charge on any atom is 0.227 e. The van der Waals surface area contributed by atoms with Gasteiger partial charge < -0.3 is 14.9 Å². The Morgan fingerprint density at radius 2 is 1.84 bits per heavy atom. The second-order valence-corrected chi connectivity index (χ2v) is 5.92. The average molecular weight is 268 g/mol. The molecule has 3 atom stereocenters. The molecule has 19 heavy (non-hydrogen) atoms. The Bertz CT molecular complexity index is 359. The van der Waals surface area contributed by atoms with Crippen LogP contribution in [-0.4, -0.2) is 59.0 Å². The lowest BCUT2D eigenvalue weighted by Gasteiger charge is -2.39. The van der Waals surface area contributed by atoms with Crippen LogP contribution in [0.1, 0.15) is 33.1 Å². The minimum absolute atomic E-state index is 0.0555. The van der Waals surface area contributed by atoms with Gasteiger partial charge in [0.05, 0.1) is 12.0 Å². The first-order valence-corrected chi connectivity index (χ1v) is 7.21. The predicted octanol–water partition coefficient (Wildman–Crippen LogP) is 0.474. The highest BCUT2D eigenvalue weighted by atomic mass is 16.3. The molecule has 108 valence electrons. The maximum atomic E-state index is 12.5. The molecule has 0 radical (unpaired) electrons. The van der Waals surface area contributed by atoms with Gasteiger partial charge in [-0.1, -0.05) is 6.92 Å². The summed E-state index contributed by atoms with van der Waals surface area (Å²) in [6, 6.07) is 0. The van der Waals surface area contributed by atoms with Crippen LogP contribution < -0.4 is 0 Å². The molecule has 0 aliphatic carbocycles. The first-order chi connectivity index (χ1) is 8.99. The Morgan fingerprint density at radius 1 is 1.11 bits per heavy atom. The lowest BCUT2D eigenvalue weighted by Crippen LogP contribution is -2.50. The van der Waals surface area contributed by atoms with Gasteiger partial charge in [0.25, 0.3) is 0 Å². The number of carbonyl (C=O) groups excluding carboxylic acids is 2. The number of rotatable bonds is 1. The molecule has 0 bridgehead atoms. The minimum Gasteiger partial charge on any atom is -0.393 e. The van der Waals surface area contributed by atoms with Crippen LogP contribution in [0.2, 0.25) is 0 Å². The molecule has 2 aliphatic heterocycles. The summed E-state index contributed by atoms with van der Waals surface area (Å²) in [7, 11) is 0. The average Bonchev–Trinajstić information content (AvgIpc) is 2.41. The third-order valence-electron chi connectivity index (χ3n) is 4.39. The number of hydrogen-bond acceptors (Lipinski definition) is 3. The highest BCUT2D eigenvalue weighted by molar-refractivity contribution is 5.81. The molecule has 2 fully saturated rings. The summed E-state index contributed by atoms with van der Waals surface area (Å²) < 4.78 is 0. The zero-order valence-electron chi connectivity index (χ0n) is 11.8. The van der Waals surface area contributed by atoms with Crippen molar-refractivity contribution in [1.29, 1.82) is 0 Å². The molecule has 2 amide bonds. The molecule has 0 saturated carbocycles. The fourth-order valence-electron chi connectivity index (χ4n) is 3.06. The standard InChI is InChI=1S/C14H24N2O3/c1-10-8-16(7-5-13(10)18)14(19)12-4-3-6-15(9-12)11(2)17/h10,12-13,18H,3-9H2,1-2H3. The summed E-state index contributed by atoms with van der Waals surface area (Å²) in [4.78, 5) is 27.5. The fraction of sp³-hybridized carbons (Fsp3) is 0.857. The van der Waals surface area contributed by atoms with Crippen LogP contribution in [0.3, 0.4) is 0 Å². The van der Waals surface area contributed by atoms with E-state index in [0.717, 1.165) is 19.4 Å². The van der Waals surface area contributed by atoms with Crippen molar-refractivity contribution in [3.8, 4) is 0 Å². The van der Waals surface area contributed by atoms with Gasteiger partial charge in [-0.3, -0.25) is 9.59 Å². The summed E-state index contributed by atoms with van der Waals surface area (Å²) in [6.45, 7) is 6.15. The molecule has 0 spiro atoms. The number of hydrogen-bond donors (Lipinski definition) is 1. The molecule has 5 nitrogen and oxygen atoms in total. The first-order valence-electron chi connectivity index (χ1n) is 7.21. The van der Waals surface area contributed by atoms with Gasteiger partial charge in [0.15, 0.2) is 0 Å². The molecule has 0 aromatic heterocycles. The second kappa shape index (κ2) is 5.90. The number of nitrogens with zero attached hydrogens (tertiary/aromatic N) is 2. The number of aliphatic hydroxyl groups excluding tert-OH is 1. The molecule has 2 rings (SSSR count). The SMILES string of the molecule is CC(=O)N1CCCC(C(=O)N2CCC(O)C(C)C2)C1. The fourth-order valence-corrected chi connectivity index (χ4v) is 3.06. The van der Waals surface area contributed by atoms with Crippen molar-refractivity contribution in [2.75, 3.05) is 26.2 Å². The summed E-state index contributed by atoms with van der Waals surface area (Å²) in [6.07, 6.45) is 2.15. The van der Waals surface area contributed by atoms with Gasteiger partial charge in [0.1, 0.15) is 0 Å². The molecule has 2 aliphatic rings. The normalized spacial score (nSPS) is 32.3. The van der Waals surface area contributed by atoms with E-state index in [0.29, 0.717) is 26.1 Å². The van der Waals surface area contributed by atoms with Crippen LogP contribution >= 0.6 is 0 Å². The van der Waals surface area contributed by atoms with E-state index in [2.05, 4.69) is 0 Å². The highest BCUT2D eigenvalue weighted by Crippen LogP contribution is 2.23. The van der Waals surface area contributed by atoms with Gasteiger partial charge in [-0.05, 0) is 25.2 Å². The molecular weight excluding hydrogens is 244 g/mol. The molecule has 2 heterocycles. The van der Waals surface area contributed by atoms with Crippen LogP contribution in [0.4, 0.5) is 0 Å². The van der Waals surface area contributed by atoms with E-state index in [1.165, 1.54) is 0 Å². The van der Waals surface area contributed by atoms with E-state index in [1.807, 2.05) is 11.8 Å². The number of likely N-dealkylation sites (tertiary alicyclic amines) is 2. The van der Waals surface area contributed by atoms with Gasteiger partial charge in [-0.25, -0.2) is 0 Å². The van der Waals surface area contributed by atoms with Crippen LogP contribution in [0, 0.1) is 11.8 Å². The zero-order valence-corrected chi connectivity index (χ0v) is 11.8. The molecule has 1 N–H and O–H groups in total. The first kappa shape index (κ1) is 14.3. The van der Waals surface area contributed by atoms with E-state index in [-0.39, 0.29) is 29.8 Å². The molecule has 5 heteroatoms. The van der Waals surface area contributed by atoms with Crippen LogP contribution in [0.15, 0.2) is 0 Å². The Kier molecular flexibility index (Phi) is 4.45. The van der Waals surface area contributed by atoms with E-state index >= 15 is 0 Å². The predicted molar refractivity (Wildman–Crippen MR) is 71.3 cm³/mol. The minimum atomic E-state index is -0.288. The summed E-state index contributed by atoms with van der Waals surface area (Å²) >= 11 is 0. The number of piperidine rings is 2. The van der Waals surface area contributed by atoms with Crippen molar-refractivity contribution in [2.24, 2.45) is 11.8 Å². The largest absolute Gasteiger partial charge is 0.393 e. The van der Waals surface area contributed by atoms with Crippen LogP contribution in [-0.2, 0) is 9.59 Å². The number of aliphatic hydroxyl groups is 1. The van der Waals surface area contributed by atoms with Crippen molar-refractivity contribution in [2.45, 2.75) is 39.2 Å². The van der Waals surface area contributed by atoms with E-state index in [4.69, 9.17) is 0 Å². The van der Waals surface area contributed by atoms with Crippen molar-refractivity contribution >= 4 is 11.8 Å². The molecule has 0 aromatic carbocycles. The van der Waals surface area contributed by atoms with Crippen molar-refractivity contribution in [3.63, 3.8) is 0 Å². The molecular formula is C14H24N2O3. The quantitative estimate of drug-likeness (QED) is 0.752. The van der Waals surface area contributed by atoms with Gasteiger partial charge in [0, 0.05) is 33.1 Å². The summed E-state index contributed by atoms with van der Waals surface area (Å²) in [5.74, 6) is 0.301. The lowest BCUT2D eigenvalue weighted by molar-refractivity contribution is -0.143. The third-order valence-corrected chi connectivity index (χ3v) is 4.39. The van der Waals surface area contributed by atoms with Gasteiger partial charge >= 0.3 is 0 Å². The zero-order chi connectivity index (χ0) is 14.0. The van der Waals surface area contributed by atoms with Crippen molar-refractivity contribution in [1.82, 2.24) is 9.80 Å². The Hall–Kier alpha value is -1.10. The van der Waals surface area contributed by atoms with Crippen LogP contribution in [0.5, 0.6) is 0 Å². The Morgan fingerprint density at radius 3 is 2.47 bits per heavy atom. The second-order valence-electron chi connectivity index (χ2n) is 5.92. The highest BCUT2D eigenvalue weighted by Gasteiger charge is 2.33. The maximum absolute atomic E-state index is 12.5. The van der Waals surface area contributed by atoms with Crippen LogP contribution in [0.25, 0.3) is 0 Å². The number of carbonyl (C=O) groups is 2. The molecule has 0 aromatic rings. The van der Waals surface area contributed by atoms with Crippen molar-refractivity contribution in [3.05, 3.63) is 0 Å². The number of amides is 2. The smallest absolute Gasteiger partial charge is 0.227 e. The van der Waals surface area contributed by atoms with E-state index in [9.17, 15) is 14.7 Å². The van der Waals surface area contributed by atoms with Gasteiger partial charge in [-0.15, -0.1) is 0 Å². The third kappa shape index (κ3) is 3.26. The van der Waals surface area contributed by atoms with Crippen molar-refractivity contribution < 1.29 is 14.7 Å². The van der Waals surface area contributed by atoms with E-state index < -0.39 is 0 Å². The summed E-state index contributed by atoms with van der Waals surface area (Å²) in [5, 5.41) is 9.71. The summed E-state index contributed by atoms with van der Waals surface area (Å²) in [5.41, 5.74) is 0.